The van der Waals surface area contributed by atoms with Crippen LogP contribution in [0.4, 0.5) is 0 Å². The number of aliphatic imine (C=N–C) groups is 1. The van der Waals surface area contributed by atoms with E-state index in [0.29, 0.717) is 12.1 Å². The molecule has 0 aliphatic rings. The van der Waals surface area contributed by atoms with E-state index in [1.54, 1.807) is 18.4 Å². The highest BCUT2D eigenvalue weighted by Crippen LogP contribution is 2.21. The topological polar surface area (TPSA) is 78.4 Å². The molecule has 0 unspecified atom stereocenters. The number of benzene rings is 2. The van der Waals surface area contributed by atoms with Gasteiger partial charge in [0.2, 0.25) is 0 Å². The first-order valence-corrected chi connectivity index (χ1v) is 10.9. The number of carbonyl (C=O) groups excluding carboxylic acids is 1. The van der Waals surface area contributed by atoms with Crippen LogP contribution < -0.4 is 16.0 Å². The van der Waals surface area contributed by atoms with Crippen molar-refractivity contribution >= 4 is 47.2 Å². The number of nitrogens with zero attached hydrogens (tertiary/aromatic N) is 2. The molecule has 0 saturated carbocycles. The van der Waals surface area contributed by atoms with Crippen molar-refractivity contribution in [1.82, 2.24) is 20.9 Å². The van der Waals surface area contributed by atoms with Crippen LogP contribution in [0, 0.1) is 0 Å². The van der Waals surface area contributed by atoms with Crippen LogP contribution in [-0.2, 0) is 13.0 Å². The second kappa shape index (κ2) is 13.1. The van der Waals surface area contributed by atoms with Crippen LogP contribution in [0.25, 0.3) is 11.3 Å². The lowest BCUT2D eigenvalue weighted by Gasteiger charge is -2.11. The van der Waals surface area contributed by atoms with Crippen molar-refractivity contribution < 1.29 is 4.79 Å². The summed E-state index contributed by atoms with van der Waals surface area (Å²) >= 11 is 1.62. The molecule has 1 amide bonds. The third kappa shape index (κ3) is 7.62. The Morgan fingerprint density at radius 1 is 1.10 bits per heavy atom. The quantitative estimate of drug-likeness (QED) is 0.225. The summed E-state index contributed by atoms with van der Waals surface area (Å²) in [5.41, 5.74) is 3.88. The summed E-state index contributed by atoms with van der Waals surface area (Å²) in [4.78, 5) is 21.1. The Morgan fingerprint density at radius 2 is 1.90 bits per heavy atom. The Bertz CT molecular complexity index is 990. The van der Waals surface area contributed by atoms with Gasteiger partial charge in [0.1, 0.15) is 5.01 Å². The molecule has 0 spiro atoms. The van der Waals surface area contributed by atoms with Crippen molar-refractivity contribution in [1.29, 1.82) is 0 Å². The number of amides is 1. The summed E-state index contributed by atoms with van der Waals surface area (Å²) in [6, 6.07) is 17.8. The van der Waals surface area contributed by atoms with Gasteiger partial charge < -0.3 is 16.0 Å². The largest absolute Gasteiger partial charge is 0.357 e. The first-order chi connectivity index (χ1) is 14.7. The van der Waals surface area contributed by atoms with E-state index in [0.717, 1.165) is 47.3 Å². The molecule has 0 bridgehead atoms. The van der Waals surface area contributed by atoms with Crippen molar-refractivity contribution in [3.63, 3.8) is 0 Å². The summed E-state index contributed by atoms with van der Waals surface area (Å²) < 4.78 is 0. The predicted octanol–water partition coefficient (Wildman–Crippen LogP) is 4.09. The molecule has 8 heteroatoms. The Morgan fingerprint density at radius 3 is 2.65 bits per heavy atom. The van der Waals surface area contributed by atoms with Crippen LogP contribution in [-0.4, -0.2) is 37.0 Å². The lowest BCUT2D eigenvalue weighted by atomic mass is 10.1. The maximum Gasteiger partial charge on any atom is 0.251 e. The first kappa shape index (κ1) is 24.8. The minimum absolute atomic E-state index is 0. The summed E-state index contributed by atoms with van der Waals surface area (Å²) in [7, 11) is 1.64. The molecule has 0 saturated heterocycles. The molecule has 0 fully saturated rings. The predicted molar refractivity (Wildman–Crippen MR) is 139 cm³/mol. The number of guanidine groups is 1. The molecule has 1 heterocycles. The Labute approximate surface area is 204 Å². The maximum absolute atomic E-state index is 11.8. The third-order valence-electron chi connectivity index (χ3n) is 4.46. The molecule has 3 N–H and O–H groups in total. The van der Waals surface area contributed by atoms with Crippen molar-refractivity contribution in [2.24, 2.45) is 4.99 Å². The van der Waals surface area contributed by atoms with Crippen LogP contribution in [0.15, 0.2) is 65.0 Å². The average Bonchev–Trinajstić information content (AvgIpc) is 3.27. The number of halogens is 1. The smallest absolute Gasteiger partial charge is 0.251 e. The summed E-state index contributed by atoms with van der Waals surface area (Å²) in [5, 5.41) is 12.3. The monoisotopic (exact) mass is 549 g/mol. The standard InChI is InChI=1S/C23H27N5OS.HI/c1-3-25-23(26-13-12-17-8-7-11-19(14-17)22(29)24-2)27-15-21-28-20(16-30-21)18-9-5-4-6-10-18;/h4-11,14,16H,3,12-13,15H2,1-2H3,(H,24,29)(H2,25,26,27);1H. The van der Waals surface area contributed by atoms with Gasteiger partial charge in [-0.05, 0) is 31.0 Å². The van der Waals surface area contributed by atoms with Crippen LogP contribution in [0.1, 0.15) is 27.9 Å². The van der Waals surface area contributed by atoms with Gasteiger partial charge in [0, 0.05) is 36.6 Å². The van der Waals surface area contributed by atoms with Crippen LogP contribution in [0.5, 0.6) is 0 Å². The number of carbonyl (C=O) groups is 1. The van der Waals surface area contributed by atoms with Gasteiger partial charge in [0.05, 0.1) is 12.2 Å². The van der Waals surface area contributed by atoms with E-state index in [2.05, 4.69) is 38.5 Å². The molecule has 0 aliphatic heterocycles. The molecule has 2 aromatic carbocycles. The molecule has 31 heavy (non-hydrogen) atoms. The second-order valence-electron chi connectivity index (χ2n) is 6.64. The first-order valence-electron chi connectivity index (χ1n) is 10.0. The van der Waals surface area contributed by atoms with Crippen molar-refractivity contribution in [3.05, 3.63) is 76.1 Å². The molecule has 6 nitrogen and oxygen atoms in total. The Kier molecular flexibility index (Phi) is 10.5. The van der Waals surface area contributed by atoms with Crippen molar-refractivity contribution in [2.45, 2.75) is 19.9 Å². The minimum Gasteiger partial charge on any atom is -0.357 e. The normalized spacial score (nSPS) is 10.8. The average molecular weight is 549 g/mol. The highest BCUT2D eigenvalue weighted by atomic mass is 127. The van der Waals surface area contributed by atoms with Crippen LogP contribution in [0.2, 0.25) is 0 Å². The highest BCUT2D eigenvalue weighted by Gasteiger charge is 2.06. The molecule has 3 rings (SSSR count). The van der Waals surface area contributed by atoms with E-state index in [-0.39, 0.29) is 29.9 Å². The summed E-state index contributed by atoms with van der Waals surface area (Å²) in [6.07, 6.45) is 0.796. The van der Waals surface area contributed by atoms with E-state index in [4.69, 9.17) is 4.98 Å². The van der Waals surface area contributed by atoms with Gasteiger partial charge in [0.25, 0.3) is 5.91 Å². The van der Waals surface area contributed by atoms with Crippen LogP contribution in [0.3, 0.4) is 0 Å². The zero-order valence-corrected chi connectivity index (χ0v) is 20.9. The number of rotatable bonds is 8. The van der Waals surface area contributed by atoms with Gasteiger partial charge in [0.15, 0.2) is 5.96 Å². The fourth-order valence-corrected chi connectivity index (χ4v) is 3.68. The Balaban J connectivity index is 0.00000341. The maximum atomic E-state index is 11.8. The van der Waals surface area contributed by atoms with Gasteiger partial charge >= 0.3 is 0 Å². The van der Waals surface area contributed by atoms with Gasteiger partial charge in [-0.15, -0.1) is 35.3 Å². The number of hydrogen-bond donors (Lipinski definition) is 3. The highest BCUT2D eigenvalue weighted by molar-refractivity contribution is 14.0. The lowest BCUT2D eigenvalue weighted by molar-refractivity contribution is 0.0963. The van der Waals surface area contributed by atoms with Crippen molar-refractivity contribution in [2.75, 3.05) is 20.1 Å². The molecule has 0 atom stereocenters. The molecule has 0 aliphatic carbocycles. The zero-order chi connectivity index (χ0) is 21.2. The number of nitrogens with one attached hydrogen (secondary N) is 3. The van der Waals surface area contributed by atoms with E-state index in [9.17, 15) is 4.79 Å². The van der Waals surface area contributed by atoms with Crippen LogP contribution >= 0.6 is 35.3 Å². The van der Waals surface area contributed by atoms with Gasteiger partial charge in [-0.25, -0.2) is 9.98 Å². The van der Waals surface area contributed by atoms with Gasteiger partial charge in [-0.2, -0.15) is 0 Å². The molecule has 164 valence electrons. The van der Waals surface area contributed by atoms with Gasteiger partial charge in [-0.3, -0.25) is 4.79 Å². The molecular formula is C23H28IN5OS. The van der Waals surface area contributed by atoms with Crippen molar-refractivity contribution in [3.8, 4) is 11.3 Å². The summed E-state index contributed by atoms with van der Waals surface area (Å²) in [6.45, 7) is 4.07. The molecule has 0 radical (unpaired) electrons. The lowest BCUT2D eigenvalue weighted by Crippen LogP contribution is -2.38. The van der Waals surface area contributed by atoms with E-state index in [1.165, 1.54) is 0 Å². The number of aromatic nitrogens is 1. The number of thiazole rings is 1. The van der Waals surface area contributed by atoms with E-state index in [1.807, 2.05) is 49.4 Å². The SMILES string of the molecule is CCNC(=NCc1nc(-c2ccccc2)cs1)NCCc1cccc(C(=O)NC)c1.I. The second-order valence-corrected chi connectivity index (χ2v) is 7.59. The number of hydrogen-bond acceptors (Lipinski definition) is 4. The molecule has 3 aromatic rings. The minimum atomic E-state index is -0.0713. The third-order valence-corrected chi connectivity index (χ3v) is 5.29. The fraction of sp³-hybridized carbons (Fsp3) is 0.261. The summed E-state index contributed by atoms with van der Waals surface area (Å²) in [5.74, 6) is 0.689. The van der Waals surface area contributed by atoms with Gasteiger partial charge in [-0.1, -0.05) is 42.5 Å². The van der Waals surface area contributed by atoms with E-state index < -0.39 is 0 Å². The van der Waals surface area contributed by atoms with E-state index >= 15 is 0 Å². The Hall–Kier alpha value is -2.46. The zero-order valence-electron chi connectivity index (χ0n) is 17.7. The molecular weight excluding hydrogens is 521 g/mol. The fourth-order valence-electron chi connectivity index (χ4n) is 2.95. The molecule has 1 aromatic heterocycles.